The van der Waals surface area contributed by atoms with Crippen molar-refractivity contribution in [3.05, 3.63) is 89.2 Å². The first-order valence-electron chi connectivity index (χ1n) is 7.49. The Kier molecular flexibility index (Phi) is 4.46. The zero-order valence-corrected chi connectivity index (χ0v) is 12.9. The minimum atomic E-state index is -0.979. The van der Waals surface area contributed by atoms with Crippen LogP contribution >= 0.6 is 0 Å². The fourth-order valence-electron chi connectivity index (χ4n) is 2.49. The van der Waals surface area contributed by atoms with Gasteiger partial charge < -0.3 is 15.4 Å². The summed E-state index contributed by atoms with van der Waals surface area (Å²) in [5.41, 5.74) is 8.94. The molecule has 0 aliphatic rings. The van der Waals surface area contributed by atoms with Crippen LogP contribution in [0.25, 0.3) is 5.69 Å². The molecule has 0 bridgehead atoms. The van der Waals surface area contributed by atoms with Gasteiger partial charge in [0.1, 0.15) is 0 Å². The third-order valence-corrected chi connectivity index (χ3v) is 3.63. The summed E-state index contributed by atoms with van der Waals surface area (Å²) in [6.45, 7) is 0.457. The lowest BCUT2D eigenvalue weighted by Gasteiger charge is -2.10. The largest absolute Gasteiger partial charge is 0.478 e. The van der Waals surface area contributed by atoms with Crippen LogP contribution in [0.15, 0.2) is 67.0 Å². The number of carboxylic acid groups (broad SMARTS) is 1. The van der Waals surface area contributed by atoms with Crippen molar-refractivity contribution < 1.29 is 9.90 Å². The molecule has 24 heavy (non-hydrogen) atoms. The molecule has 0 saturated carbocycles. The lowest BCUT2D eigenvalue weighted by Crippen LogP contribution is -2.06. The molecule has 1 heterocycles. The average Bonchev–Trinajstić information content (AvgIpc) is 3.14. The topological polar surface area (TPSA) is 68.2 Å². The van der Waals surface area contributed by atoms with E-state index in [1.807, 2.05) is 54.9 Å². The number of benzene rings is 2. The fourth-order valence-corrected chi connectivity index (χ4v) is 2.49. The normalized spacial score (nSPS) is 10.0. The van der Waals surface area contributed by atoms with E-state index in [2.05, 4.69) is 11.8 Å². The number of aromatic carboxylic acids is 1. The van der Waals surface area contributed by atoms with Crippen molar-refractivity contribution in [1.82, 2.24) is 4.57 Å². The molecule has 4 nitrogen and oxygen atoms in total. The predicted molar refractivity (Wildman–Crippen MR) is 93.0 cm³/mol. The highest BCUT2D eigenvalue weighted by Crippen LogP contribution is 2.20. The molecule has 0 fully saturated rings. The van der Waals surface area contributed by atoms with Crippen LogP contribution < -0.4 is 5.73 Å². The Bertz CT molecular complexity index is 932. The molecule has 0 atom stereocenters. The summed E-state index contributed by atoms with van der Waals surface area (Å²) in [7, 11) is 0. The van der Waals surface area contributed by atoms with Gasteiger partial charge in [-0.2, -0.15) is 0 Å². The van der Waals surface area contributed by atoms with Gasteiger partial charge in [0.05, 0.1) is 11.3 Å². The summed E-state index contributed by atoms with van der Waals surface area (Å²) in [6, 6.07) is 16.5. The molecule has 0 radical (unpaired) electrons. The number of para-hydroxylation sites is 1. The molecular formula is C20H16N2O2. The van der Waals surface area contributed by atoms with Crippen molar-refractivity contribution in [2.24, 2.45) is 5.73 Å². The van der Waals surface area contributed by atoms with E-state index >= 15 is 0 Å². The van der Waals surface area contributed by atoms with Crippen LogP contribution in [0.5, 0.6) is 0 Å². The first kappa shape index (κ1) is 15.6. The van der Waals surface area contributed by atoms with E-state index in [0.29, 0.717) is 17.8 Å². The van der Waals surface area contributed by atoms with E-state index in [1.165, 1.54) is 0 Å². The van der Waals surface area contributed by atoms with Gasteiger partial charge in [0, 0.05) is 30.1 Å². The van der Waals surface area contributed by atoms with Crippen LogP contribution in [0.1, 0.15) is 27.0 Å². The van der Waals surface area contributed by atoms with Gasteiger partial charge >= 0.3 is 5.97 Å². The van der Waals surface area contributed by atoms with E-state index in [-0.39, 0.29) is 5.56 Å². The minimum Gasteiger partial charge on any atom is -0.478 e. The number of carboxylic acids is 1. The summed E-state index contributed by atoms with van der Waals surface area (Å²) in [4.78, 5) is 11.6. The summed E-state index contributed by atoms with van der Waals surface area (Å²) in [5.74, 6) is 5.20. The lowest BCUT2D eigenvalue weighted by atomic mass is 10.1. The Morgan fingerprint density at radius 3 is 2.50 bits per heavy atom. The number of nitrogens with two attached hydrogens (primary N) is 1. The summed E-state index contributed by atoms with van der Waals surface area (Å²) >= 11 is 0. The van der Waals surface area contributed by atoms with E-state index in [9.17, 15) is 9.90 Å². The Morgan fingerprint density at radius 2 is 1.79 bits per heavy atom. The molecule has 118 valence electrons. The number of rotatable bonds is 3. The van der Waals surface area contributed by atoms with Gasteiger partial charge in [-0.1, -0.05) is 30.0 Å². The second kappa shape index (κ2) is 6.86. The second-order valence-corrected chi connectivity index (χ2v) is 5.25. The van der Waals surface area contributed by atoms with Crippen molar-refractivity contribution in [1.29, 1.82) is 0 Å². The Morgan fingerprint density at radius 1 is 1.04 bits per heavy atom. The van der Waals surface area contributed by atoms with E-state index in [0.717, 1.165) is 11.1 Å². The quantitative estimate of drug-likeness (QED) is 0.730. The summed E-state index contributed by atoms with van der Waals surface area (Å²) in [5, 5.41) is 9.47. The Labute approximate surface area is 140 Å². The van der Waals surface area contributed by atoms with Crippen LogP contribution in [-0.4, -0.2) is 15.6 Å². The third-order valence-electron chi connectivity index (χ3n) is 3.63. The molecule has 3 aromatic rings. The number of hydrogen-bond acceptors (Lipinski definition) is 2. The van der Waals surface area contributed by atoms with Crippen molar-refractivity contribution in [2.75, 3.05) is 0 Å². The molecule has 0 spiro atoms. The second-order valence-electron chi connectivity index (χ2n) is 5.25. The van der Waals surface area contributed by atoms with Gasteiger partial charge in [-0.25, -0.2) is 4.79 Å². The maximum Gasteiger partial charge on any atom is 0.337 e. The molecular weight excluding hydrogens is 300 g/mol. The monoisotopic (exact) mass is 316 g/mol. The fraction of sp³-hybridized carbons (Fsp3) is 0.0500. The average molecular weight is 316 g/mol. The first-order valence-corrected chi connectivity index (χ1v) is 7.49. The zero-order valence-electron chi connectivity index (χ0n) is 12.9. The highest BCUT2D eigenvalue weighted by molar-refractivity contribution is 5.93. The summed E-state index contributed by atoms with van der Waals surface area (Å²) in [6.07, 6.45) is 3.62. The third kappa shape index (κ3) is 3.22. The Balaban J connectivity index is 2.11. The molecule has 1 aromatic heterocycles. The van der Waals surface area contributed by atoms with E-state index < -0.39 is 5.97 Å². The van der Waals surface area contributed by atoms with Gasteiger partial charge in [-0.3, -0.25) is 0 Å². The molecule has 0 aliphatic carbocycles. The minimum absolute atomic E-state index is 0.216. The maximum atomic E-state index is 11.6. The molecule has 0 amide bonds. The van der Waals surface area contributed by atoms with Crippen molar-refractivity contribution in [3.8, 4) is 17.5 Å². The highest BCUT2D eigenvalue weighted by atomic mass is 16.4. The van der Waals surface area contributed by atoms with Crippen LogP contribution in [0.2, 0.25) is 0 Å². The van der Waals surface area contributed by atoms with Crippen LogP contribution in [-0.2, 0) is 6.54 Å². The van der Waals surface area contributed by atoms with Gasteiger partial charge in [-0.05, 0) is 42.0 Å². The smallest absolute Gasteiger partial charge is 0.337 e. The maximum absolute atomic E-state index is 11.6. The SMILES string of the molecule is NCc1cccc(C#Cc2cccc(C(=O)O)c2-n2cccc2)c1. The van der Waals surface area contributed by atoms with Crippen molar-refractivity contribution in [2.45, 2.75) is 6.54 Å². The molecule has 4 heteroatoms. The molecule has 0 unspecified atom stereocenters. The van der Waals surface area contributed by atoms with Crippen LogP contribution in [0.3, 0.4) is 0 Å². The van der Waals surface area contributed by atoms with Gasteiger partial charge in [-0.15, -0.1) is 0 Å². The lowest BCUT2D eigenvalue weighted by molar-refractivity contribution is 0.0697. The number of hydrogen-bond donors (Lipinski definition) is 2. The Hall–Kier alpha value is -3.29. The standard InChI is InChI=1S/C20H16N2O2/c21-14-16-6-3-5-15(13-16)9-10-17-7-4-8-18(20(23)24)19(17)22-11-1-2-12-22/h1-8,11-13H,14,21H2,(H,23,24). The van der Waals surface area contributed by atoms with E-state index in [4.69, 9.17) is 5.73 Å². The van der Waals surface area contributed by atoms with E-state index in [1.54, 1.807) is 16.7 Å². The molecule has 3 N–H and O–H groups in total. The molecule has 2 aromatic carbocycles. The van der Waals surface area contributed by atoms with Gasteiger partial charge in [0.25, 0.3) is 0 Å². The zero-order chi connectivity index (χ0) is 16.9. The first-order chi connectivity index (χ1) is 11.7. The van der Waals surface area contributed by atoms with Crippen molar-refractivity contribution in [3.63, 3.8) is 0 Å². The van der Waals surface area contributed by atoms with Crippen LogP contribution in [0.4, 0.5) is 0 Å². The summed E-state index contributed by atoms with van der Waals surface area (Å²) < 4.78 is 1.77. The van der Waals surface area contributed by atoms with Gasteiger partial charge in [0.2, 0.25) is 0 Å². The number of nitrogens with zero attached hydrogens (tertiary/aromatic N) is 1. The van der Waals surface area contributed by atoms with Crippen molar-refractivity contribution >= 4 is 5.97 Å². The number of carbonyl (C=O) groups is 1. The predicted octanol–water partition coefficient (Wildman–Crippen LogP) is 3.03. The van der Waals surface area contributed by atoms with Crippen LogP contribution in [0, 0.1) is 11.8 Å². The van der Waals surface area contributed by atoms with Gasteiger partial charge in [0.15, 0.2) is 0 Å². The highest BCUT2D eigenvalue weighted by Gasteiger charge is 2.14. The molecule has 0 saturated heterocycles. The molecule has 3 rings (SSSR count). The number of aromatic nitrogens is 1. The molecule has 0 aliphatic heterocycles.